The van der Waals surface area contributed by atoms with E-state index in [1.165, 1.54) is 0 Å². The predicted octanol–water partition coefficient (Wildman–Crippen LogP) is 3.98. The van der Waals surface area contributed by atoms with Crippen molar-refractivity contribution in [1.29, 1.82) is 0 Å². The normalized spacial score (nSPS) is 10.9. The van der Waals surface area contributed by atoms with E-state index in [1.54, 1.807) is 13.4 Å². The van der Waals surface area contributed by atoms with Crippen LogP contribution in [0.5, 0.6) is 5.75 Å². The third kappa shape index (κ3) is 8.29. The molecule has 2 aromatic rings. The molecule has 25 heavy (non-hydrogen) atoms. The molecule has 1 heterocycles. The smallest absolute Gasteiger partial charge is 0.191 e. The number of benzene rings is 1. The molecule has 0 unspecified atom stereocenters. The SMILES string of the molecule is CCCCNC(=NCc1ccc(OC)cc1)NCCc1ccco1.I. The van der Waals surface area contributed by atoms with E-state index >= 15 is 0 Å². The summed E-state index contributed by atoms with van der Waals surface area (Å²) >= 11 is 0. The van der Waals surface area contributed by atoms with Gasteiger partial charge in [-0.1, -0.05) is 25.5 Å². The number of methoxy groups -OCH3 is 1. The van der Waals surface area contributed by atoms with Crippen molar-refractivity contribution in [2.45, 2.75) is 32.7 Å². The first kappa shape index (κ1) is 21.3. The van der Waals surface area contributed by atoms with E-state index in [4.69, 9.17) is 9.15 Å². The number of halogens is 1. The van der Waals surface area contributed by atoms with Gasteiger partial charge in [0.25, 0.3) is 0 Å². The molecule has 0 aliphatic heterocycles. The maximum atomic E-state index is 5.35. The molecule has 0 fully saturated rings. The molecule has 1 aromatic heterocycles. The first-order valence-electron chi connectivity index (χ1n) is 8.49. The molecule has 0 bridgehead atoms. The van der Waals surface area contributed by atoms with Crippen molar-refractivity contribution in [2.75, 3.05) is 20.2 Å². The van der Waals surface area contributed by atoms with Crippen molar-refractivity contribution < 1.29 is 9.15 Å². The summed E-state index contributed by atoms with van der Waals surface area (Å²) in [5.41, 5.74) is 1.15. The Labute approximate surface area is 167 Å². The van der Waals surface area contributed by atoms with E-state index in [0.717, 1.165) is 55.4 Å². The Balaban J connectivity index is 0.00000312. The maximum Gasteiger partial charge on any atom is 0.191 e. The first-order valence-corrected chi connectivity index (χ1v) is 8.49. The largest absolute Gasteiger partial charge is 0.497 e. The number of furan rings is 1. The molecule has 2 rings (SSSR count). The molecule has 0 spiro atoms. The van der Waals surface area contributed by atoms with Crippen LogP contribution in [0.25, 0.3) is 0 Å². The van der Waals surface area contributed by atoms with E-state index in [1.807, 2.05) is 36.4 Å². The fourth-order valence-corrected chi connectivity index (χ4v) is 2.22. The molecular formula is C19H28IN3O2. The number of nitrogens with zero attached hydrogens (tertiary/aromatic N) is 1. The van der Waals surface area contributed by atoms with Gasteiger partial charge in [0.1, 0.15) is 11.5 Å². The van der Waals surface area contributed by atoms with Crippen LogP contribution in [0.1, 0.15) is 31.1 Å². The van der Waals surface area contributed by atoms with E-state index in [9.17, 15) is 0 Å². The molecule has 1 aromatic carbocycles. The van der Waals surface area contributed by atoms with Gasteiger partial charge in [-0.2, -0.15) is 0 Å². The molecule has 6 heteroatoms. The van der Waals surface area contributed by atoms with Gasteiger partial charge >= 0.3 is 0 Å². The second-order valence-electron chi connectivity index (χ2n) is 5.55. The lowest BCUT2D eigenvalue weighted by Crippen LogP contribution is -2.38. The highest BCUT2D eigenvalue weighted by molar-refractivity contribution is 14.0. The molecule has 138 valence electrons. The van der Waals surface area contributed by atoms with Crippen LogP contribution >= 0.6 is 24.0 Å². The van der Waals surface area contributed by atoms with Crippen LogP contribution in [0.3, 0.4) is 0 Å². The van der Waals surface area contributed by atoms with Crippen LogP contribution in [0, 0.1) is 0 Å². The number of aliphatic imine (C=N–C) groups is 1. The number of guanidine groups is 1. The number of hydrogen-bond acceptors (Lipinski definition) is 3. The Bertz CT molecular complexity index is 598. The fraction of sp³-hybridized carbons (Fsp3) is 0.421. The topological polar surface area (TPSA) is 58.8 Å². The fourth-order valence-electron chi connectivity index (χ4n) is 2.22. The molecule has 0 aliphatic carbocycles. The average Bonchev–Trinajstić information content (AvgIpc) is 3.13. The van der Waals surface area contributed by atoms with Crippen molar-refractivity contribution in [2.24, 2.45) is 4.99 Å². The van der Waals surface area contributed by atoms with Crippen LogP contribution < -0.4 is 15.4 Å². The van der Waals surface area contributed by atoms with Crippen molar-refractivity contribution >= 4 is 29.9 Å². The second-order valence-corrected chi connectivity index (χ2v) is 5.55. The highest BCUT2D eigenvalue weighted by Crippen LogP contribution is 2.11. The summed E-state index contributed by atoms with van der Waals surface area (Å²) in [6, 6.07) is 11.9. The third-order valence-electron chi connectivity index (χ3n) is 3.65. The van der Waals surface area contributed by atoms with Crippen molar-refractivity contribution in [3.63, 3.8) is 0 Å². The number of ether oxygens (including phenoxy) is 1. The number of hydrogen-bond donors (Lipinski definition) is 2. The molecular weight excluding hydrogens is 429 g/mol. The summed E-state index contributed by atoms with van der Waals surface area (Å²) in [4.78, 5) is 4.66. The van der Waals surface area contributed by atoms with Crippen LogP contribution in [-0.4, -0.2) is 26.2 Å². The van der Waals surface area contributed by atoms with Gasteiger partial charge in [0.15, 0.2) is 5.96 Å². The van der Waals surface area contributed by atoms with E-state index in [2.05, 4.69) is 22.5 Å². The van der Waals surface area contributed by atoms with Gasteiger partial charge in [-0.15, -0.1) is 24.0 Å². The van der Waals surface area contributed by atoms with Gasteiger partial charge in [0.05, 0.1) is 19.9 Å². The minimum absolute atomic E-state index is 0. The third-order valence-corrected chi connectivity index (χ3v) is 3.65. The van der Waals surface area contributed by atoms with Gasteiger partial charge in [-0.3, -0.25) is 0 Å². The van der Waals surface area contributed by atoms with E-state index < -0.39 is 0 Å². The Morgan fingerprint density at radius 2 is 1.88 bits per heavy atom. The van der Waals surface area contributed by atoms with Gasteiger partial charge in [0, 0.05) is 19.5 Å². The van der Waals surface area contributed by atoms with Crippen molar-refractivity contribution in [3.05, 3.63) is 54.0 Å². The molecule has 0 amide bonds. The quantitative estimate of drug-likeness (QED) is 0.259. The van der Waals surface area contributed by atoms with Gasteiger partial charge < -0.3 is 19.8 Å². The van der Waals surface area contributed by atoms with Gasteiger partial charge in [0.2, 0.25) is 0 Å². The van der Waals surface area contributed by atoms with E-state index in [0.29, 0.717) is 6.54 Å². The minimum Gasteiger partial charge on any atom is -0.497 e. The molecule has 0 saturated heterocycles. The van der Waals surface area contributed by atoms with Crippen molar-refractivity contribution in [1.82, 2.24) is 10.6 Å². The lowest BCUT2D eigenvalue weighted by molar-refractivity contribution is 0.414. The summed E-state index contributed by atoms with van der Waals surface area (Å²) < 4.78 is 10.5. The summed E-state index contributed by atoms with van der Waals surface area (Å²) in [6.45, 7) is 4.52. The molecule has 5 nitrogen and oxygen atoms in total. The average molecular weight is 457 g/mol. The first-order chi connectivity index (χ1) is 11.8. The van der Waals surface area contributed by atoms with Crippen LogP contribution in [0.15, 0.2) is 52.1 Å². The summed E-state index contributed by atoms with van der Waals surface area (Å²) in [6.07, 6.45) is 4.82. The summed E-state index contributed by atoms with van der Waals surface area (Å²) in [5.74, 6) is 2.68. The Kier molecular flexibility index (Phi) is 10.8. The summed E-state index contributed by atoms with van der Waals surface area (Å²) in [5, 5.41) is 6.74. The highest BCUT2D eigenvalue weighted by Gasteiger charge is 2.01. The van der Waals surface area contributed by atoms with Crippen LogP contribution in [0.2, 0.25) is 0 Å². The Hall–Kier alpha value is -1.70. The molecule has 2 N–H and O–H groups in total. The predicted molar refractivity (Wildman–Crippen MR) is 113 cm³/mol. The maximum absolute atomic E-state index is 5.35. The monoisotopic (exact) mass is 457 g/mol. The van der Waals surface area contributed by atoms with Crippen LogP contribution in [0.4, 0.5) is 0 Å². The zero-order valence-electron chi connectivity index (χ0n) is 15.0. The summed E-state index contributed by atoms with van der Waals surface area (Å²) in [7, 11) is 1.67. The zero-order chi connectivity index (χ0) is 17.0. The number of unbranched alkanes of at least 4 members (excludes halogenated alkanes) is 1. The minimum atomic E-state index is 0. The number of nitrogens with one attached hydrogen (secondary N) is 2. The van der Waals surface area contributed by atoms with Crippen LogP contribution in [-0.2, 0) is 13.0 Å². The zero-order valence-corrected chi connectivity index (χ0v) is 17.3. The Morgan fingerprint density at radius 1 is 1.12 bits per heavy atom. The standard InChI is InChI=1S/C19H27N3O2.HI/c1-3-4-12-20-19(21-13-11-18-6-5-14-24-18)22-15-16-7-9-17(23-2)10-8-16;/h5-10,14H,3-4,11-13,15H2,1-2H3,(H2,20,21,22);1H. The van der Waals surface area contributed by atoms with Crippen molar-refractivity contribution in [3.8, 4) is 5.75 Å². The molecule has 0 atom stereocenters. The second kappa shape index (κ2) is 12.6. The molecule has 0 radical (unpaired) electrons. The lowest BCUT2D eigenvalue weighted by atomic mass is 10.2. The molecule has 0 aliphatic rings. The molecule has 0 saturated carbocycles. The number of rotatable bonds is 9. The van der Waals surface area contributed by atoms with E-state index in [-0.39, 0.29) is 24.0 Å². The Morgan fingerprint density at radius 3 is 2.52 bits per heavy atom. The van der Waals surface area contributed by atoms with Gasteiger partial charge in [-0.05, 0) is 36.2 Å². The lowest BCUT2D eigenvalue weighted by Gasteiger charge is -2.12. The highest BCUT2D eigenvalue weighted by atomic mass is 127. The van der Waals surface area contributed by atoms with Gasteiger partial charge in [-0.25, -0.2) is 4.99 Å².